The van der Waals surface area contributed by atoms with Crippen molar-refractivity contribution in [1.82, 2.24) is 0 Å². The average molecular weight is 168 g/mol. The molecular weight excluding hydrogens is 156 g/mol. The van der Waals surface area contributed by atoms with Crippen LogP contribution in [-0.2, 0) is 12.8 Å². The Kier molecular flexibility index (Phi) is 2.02. The number of aryl methyl sites for hydroxylation is 2. The van der Waals surface area contributed by atoms with Crippen LogP contribution in [0.3, 0.4) is 0 Å². The van der Waals surface area contributed by atoms with Gasteiger partial charge in [0.1, 0.15) is 11.5 Å². The molecule has 0 fully saturated rings. The third-order valence-corrected chi connectivity index (χ3v) is 2.28. The highest BCUT2D eigenvalue weighted by molar-refractivity contribution is 5.04. The van der Waals surface area contributed by atoms with Crippen LogP contribution in [0.4, 0.5) is 0 Å². The van der Waals surface area contributed by atoms with E-state index in [1.165, 1.54) is 12.8 Å². The van der Waals surface area contributed by atoms with Crippen LogP contribution >= 0.6 is 0 Å². The van der Waals surface area contributed by atoms with Gasteiger partial charge in [0.25, 0.3) is 0 Å². The number of hydrogen-bond donors (Lipinski definition) is 0. The maximum absolute atomic E-state index is 10.7. The molecule has 0 radical (unpaired) electrons. The van der Waals surface area contributed by atoms with Gasteiger partial charge >= 0.3 is 5.82 Å². The molecule has 0 atom stereocenters. The molecule has 0 saturated heterocycles. The lowest BCUT2D eigenvalue weighted by Gasteiger charge is -2.04. The van der Waals surface area contributed by atoms with E-state index >= 15 is 0 Å². The van der Waals surface area contributed by atoms with Crippen LogP contribution in [0.15, 0.2) is 13.6 Å². The lowest BCUT2D eigenvalue weighted by Crippen LogP contribution is -1.95. The minimum absolute atomic E-state index is 0.540. The summed E-state index contributed by atoms with van der Waals surface area (Å²) in [5.74, 6) is 1.02. The van der Waals surface area contributed by atoms with E-state index < -0.39 is 5.82 Å². The van der Waals surface area contributed by atoms with Crippen molar-refractivity contribution in [2.75, 3.05) is 0 Å². The van der Waals surface area contributed by atoms with Crippen molar-refractivity contribution < 1.29 is 8.83 Å². The van der Waals surface area contributed by atoms with Gasteiger partial charge < -0.3 is 8.83 Å². The molecule has 1 aromatic rings. The summed E-state index contributed by atoms with van der Waals surface area (Å²) in [5.41, 5.74) is 0. The van der Waals surface area contributed by atoms with Gasteiger partial charge in [-0.1, -0.05) is 12.8 Å². The SMILES string of the molecule is O=c1oc2c(o1)CCCCCC2. The van der Waals surface area contributed by atoms with Gasteiger partial charge in [0, 0.05) is 12.8 Å². The highest BCUT2D eigenvalue weighted by Crippen LogP contribution is 2.18. The summed E-state index contributed by atoms with van der Waals surface area (Å²) >= 11 is 0. The molecule has 1 heterocycles. The second-order valence-electron chi connectivity index (χ2n) is 3.21. The Balaban J connectivity index is 2.29. The maximum Gasteiger partial charge on any atom is 0.519 e. The zero-order valence-corrected chi connectivity index (χ0v) is 6.97. The molecule has 0 bridgehead atoms. The number of fused-ring (bicyclic) bond motifs is 1. The van der Waals surface area contributed by atoms with E-state index in [0.717, 1.165) is 37.2 Å². The Bertz CT molecular complexity index is 279. The van der Waals surface area contributed by atoms with Crippen LogP contribution in [0.25, 0.3) is 0 Å². The van der Waals surface area contributed by atoms with Crippen molar-refractivity contribution in [1.29, 1.82) is 0 Å². The monoisotopic (exact) mass is 168 g/mol. The molecule has 1 aliphatic carbocycles. The molecule has 0 amide bonds. The van der Waals surface area contributed by atoms with Crippen LogP contribution in [-0.4, -0.2) is 0 Å². The first kappa shape index (κ1) is 7.65. The Labute approximate surface area is 70.4 Å². The molecule has 2 rings (SSSR count). The summed E-state index contributed by atoms with van der Waals surface area (Å²) in [7, 11) is 0. The van der Waals surface area contributed by atoms with Crippen LogP contribution < -0.4 is 5.82 Å². The number of hydrogen-bond acceptors (Lipinski definition) is 3. The summed E-state index contributed by atoms with van der Waals surface area (Å²) in [5, 5.41) is 0. The van der Waals surface area contributed by atoms with Crippen molar-refractivity contribution in [3.8, 4) is 0 Å². The minimum atomic E-state index is -0.540. The van der Waals surface area contributed by atoms with Gasteiger partial charge in [-0.15, -0.1) is 0 Å². The summed E-state index contributed by atoms with van der Waals surface area (Å²) in [4.78, 5) is 10.7. The van der Waals surface area contributed by atoms with Crippen molar-refractivity contribution in [3.05, 3.63) is 22.1 Å². The zero-order valence-electron chi connectivity index (χ0n) is 6.97. The van der Waals surface area contributed by atoms with Crippen LogP contribution in [0.5, 0.6) is 0 Å². The molecule has 1 aromatic heterocycles. The molecule has 0 unspecified atom stereocenters. The molecule has 0 saturated carbocycles. The average Bonchev–Trinajstić information content (AvgIpc) is 2.32. The minimum Gasteiger partial charge on any atom is -0.396 e. The highest BCUT2D eigenvalue weighted by Gasteiger charge is 2.13. The van der Waals surface area contributed by atoms with Gasteiger partial charge in [0.05, 0.1) is 0 Å². The predicted molar refractivity (Wildman–Crippen MR) is 43.1 cm³/mol. The van der Waals surface area contributed by atoms with Gasteiger partial charge in [-0.25, -0.2) is 4.79 Å². The summed E-state index contributed by atoms with van der Waals surface area (Å²) in [6.07, 6.45) is 6.40. The Morgan fingerprint density at radius 2 is 1.33 bits per heavy atom. The first-order valence-electron chi connectivity index (χ1n) is 4.48. The topological polar surface area (TPSA) is 43.4 Å². The van der Waals surface area contributed by atoms with E-state index in [-0.39, 0.29) is 0 Å². The molecule has 1 aliphatic rings. The predicted octanol–water partition coefficient (Wildman–Crippen LogP) is 1.89. The van der Waals surface area contributed by atoms with E-state index in [1.54, 1.807) is 0 Å². The highest BCUT2D eigenvalue weighted by atomic mass is 16.6. The first-order chi connectivity index (χ1) is 5.86. The molecule has 3 nitrogen and oxygen atoms in total. The lowest BCUT2D eigenvalue weighted by atomic mass is 10.0. The third-order valence-electron chi connectivity index (χ3n) is 2.28. The Morgan fingerprint density at radius 1 is 0.833 bits per heavy atom. The quantitative estimate of drug-likeness (QED) is 0.594. The first-order valence-corrected chi connectivity index (χ1v) is 4.48. The summed E-state index contributed by atoms with van der Waals surface area (Å²) in [6, 6.07) is 0. The molecule has 12 heavy (non-hydrogen) atoms. The maximum atomic E-state index is 10.7. The van der Waals surface area contributed by atoms with Gasteiger partial charge in [-0.2, -0.15) is 0 Å². The zero-order chi connectivity index (χ0) is 8.39. The van der Waals surface area contributed by atoms with Gasteiger partial charge in [-0.05, 0) is 12.8 Å². The normalized spacial score (nSPS) is 18.0. The van der Waals surface area contributed by atoms with E-state index in [1.807, 2.05) is 0 Å². The fourth-order valence-electron chi connectivity index (χ4n) is 1.64. The second-order valence-corrected chi connectivity index (χ2v) is 3.21. The fraction of sp³-hybridized carbons (Fsp3) is 0.667. The largest absolute Gasteiger partial charge is 0.519 e. The molecule has 0 spiro atoms. The number of rotatable bonds is 0. The lowest BCUT2D eigenvalue weighted by molar-refractivity contribution is 0.366. The van der Waals surface area contributed by atoms with E-state index in [0.29, 0.717) is 0 Å². The van der Waals surface area contributed by atoms with E-state index in [2.05, 4.69) is 0 Å². The van der Waals surface area contributed by atoms with E-state index in [9.17, 15) is 4.79 Å². The third kappa shape index (κ3) is 1.44. The molecule has 66 valence electrons. The molecular formula is C9H12O3. The van der Waals surface area contributed by atoms with Gasteiger partial charge in [-0.3, -0.25) is 0 Å². The van der Waals surface area contributed by atoms with Gasteiger partial charge in [0.15, 0.2) is 0 Å². The van der Waals surface area contributed by atoms with Crippen LogP contribution in [0.1, 0.15) is 37.2 Å². The molecule has 3 heteroatoms. The van der Waals surface area contributed by atoms with Gasteiger partial charge in [0.2, 0.25) is 0 Å². The van der Waals surface area contributed by atoms with Crippen LogP contribution in [0, 0.1) is 0 Å². The van der Waals surface area contributed by atoms with Crippen molar-refractivity contribution in [3.63, 3.8) is 0 Å². The smallest absolute Gasteiger partial charge is 0.396 e. The molecule has 0 aliphatic heterocycles. The van der Waals surface area contributed by atoms with Crippen molar-refractivity contribution >= 4 is 0 Å². The van der Waals surface area contributed by atoms with E-state index in [4.69, 9.17) is 8.83 Å². The van der Waals surface area contributed by atoms with Crippen LogP contribution in [0.2, 0.25) is 0 Å². The summed E-state index contributed by atoms with van der Waals surface area (Å²) in [6.45, 7) is 0. The van der Waals surface area contributed by atoms with Crippen molar-refractivity contribution in [2.45, 2.75) is 38.5 Å². The Morgan fingerprint density at radius 3 is 1.83 bits per heavy atom. The standard InChI is InChI=1S/C9H12O3/c10-9-11-7-5-3-1-2-4-6-8(7)12-9/h1-6H2. The Hall–Kier alpha value is -0.990. The van der Waals surface area contributed by atoms with Crippen molar-refractivity contribution in [2.24, 2.45) is 0 Å². The summed E-state index contributed by atoms with van der Waals surface area (Å²) < 4.78 is 9.84. The second kappa shape index (κ2) is 3.17. The fourth-order valence-corrected chi connectivity index (χ4v) is 1.64. The molecule has 0 aromatic carbocycles. The molecule has 0 N–H and O–H groups in total.